The van der Waals surface area contributed by atoms with Gasteiger partial charge in [0, 0.05) is 22.4 Å². The van der Waals surface area contributed by atoms with Crippen molar-refractivity contribution in [1.29, 1.82) is 0 Å². The van der Waals surface area contributed by atoms with Gasteiger partial charge in [-0.05, 0) is 36.8 Å². The lowest BCUT2D eigenvalue weighted by atomic mass is 9.91. The monoisotopic (exact) mass is 302 g/mol. The predicted molar refractivity (Wildman–Crippen MR) is 87.1 cm³/mol. The van der Waals surface area contributed by atoms with Crippen LogP contribution in [0.1, 0.15) is 42.4 Å². The van der Waals surface area contributed by atoms with Gasteiger partial charge < -0.3 is 5.32 Å². The van der Waals surface area contributed by atoms with Crippen LogP contribution in [0.25, 0.3) is 0 Å². The first-order chi connectivity index (χ1) is 9.75. The first-order valence-electron chi connectivity index (χ1n) is 6.82. The highest BCUT2D eigenvalue weighted by molar-refractivity contribution is 6.29. The highest BCUT2D eigenvalue weighted by Crippen LogP contribution is 2.24. The second-order valence-electron chi connectivity index (χ2n) is 6.14. The van der Waals surface area contributed by atoms with Gasteiger partial charge in [-0.1, -0.05) is 44.5 Å². The zero-order valence-corrected chi connectivity index (χ0v) is 13.5. The Morgan fingerprint density at radius 1 is 1.19 bits per heavy atom. The van der Waals surface area contributed by atoms with Gasteiger partial charge in [0.1, 0.15) is 5.15 Å². The van der Waals surface area contributed by atoms with Gasteiger partial charge >= 0.3 is 0 Å². The quantitative estimate of drug-likeness (QED) is 0.824. The lowest BCUT2D eigenvalue weighted by Gasteiger charge is -2.18. The zero-order chi connectivity index (χ0) is 15.6. The minimum atomic E-state index is -0.185. The van der Waals surface area contributed by atoms with Crippen molar-refractivity contribution in [3.8, 4) is 0 Å². The number of rotatable bonds is 2. The van der Waals surface area contributed by atoms with E-state index >= 15 is 0 Å². The molecule has 4 heteroatoms. The average Bonchev–Trinajstić information content (AvgIpc) is 2.37. The van der Waals surface area contributed by atoms with Crippen LogP contribution in [-0.4, -0.2) is 10.9 Å². The molecule has 0 atom stereocenters. The molecule has 1 aromatic carbocycles. The van der Waals surface area contributed by atoms with Crippen LogP contribution in [0.5, 0.6) is 0 Å². The Kier molecular flexibility index (Phi) is 4.33. The molecule has 0 unspecified atom stereocenters. The van der Waals surface area contributed by atoms with E-state index in [0.29, 0.717) is 10.7 Å². The van der Waals surface area contributed by atoms with E-state index in [1.165, 1.54) is 0 Å². The van der Waals surface area contributed by atoms with Gasteiger partial charge in [0.15, 0.2) is 0 Å². The van der Waals surface area contributed by atoms with Crippen molar-refractivity contribution in [3.63, 3.8) is 0 Å². The van der Waals surface area contributed by atoms with Crippen molar-refractivity contribution < 1.29 is 4.79 Å². The SMILES string of the molecule is Cc1cccc(NC(=O)c2cc(Cl)nc(C(C)(C)C)c2)c1. The summed E-state index contributed by atoms with van der Waals surface area (Å²) in [6.07, 6.45) is 0. The molecule has 1 N–H and O–H groups in total. The smallest absolute Gasteiger partial charge is 0.255 e. The second kappa shape index (κ2) is 5.86. The minimum absolute atomic E-state index is 0.163. The highest BCUT2D eigenvalue weighted by Gasteiger charge is 2.19. The standard InChI is InChI=1S/C17H19ClN2O/c1-11-6-5-7-13(8-11)19-16(21)12-9-14(17(2,3)4)20-15(18)10-12/h5-10H,1-4H3,(H,19,21). The van der Waals surface area contributed by atoms with Gasteiger partial charge in [-0.25, -0.2) is 4.98 Å². The van der Waals surface area contributed by atoms with Crippen molar-refractivity contribution in [3.05, 3.63) is 58.4 Å². The highest BCUT2D eigenvalue weighted by atomic mass is 35.5. The molecule has 0 aliphatic carbocycles. The molecule has 0 aliphatic rings. The Balaban J connectivity index is 2.29. The molecule has 1 amide bonds. The summed E-state index contributed by atoms with van der Waals surface area (Å²) in [7, 11) is 0. The van der Waals surface area contributed by atoms with Gasteiger partial charge in [0.05, 0.1) is 0 Å². The molecule has 2 aromatic rings. The number of benzene rings is 1. The van der Waals surface area contributed by atoms with Crippen molar-refractivity contribution in [2.45, 2.75) is 33.1 Å². The van der Waals surface area contributed by atoms with Crippen LogP contribution in [0.4, 0.5) is 5.69 Å². The molecule has 0 saturated carbocycles. The Bertz CT molecular complexity index is 675. The third-order valence-corrected chi connectivity index (χ3v) is 3.29. The second-order valence-corrected chi connectivity index (χ2v) is 6.52. The number of carbonyl (C=O) groups excluding carboxylic acids is 1. The number of hydrogen-bond donors (Lipinski definition) is 1. The maximum absolute atomic E-state index is 12.4. The molecule has 3 nitrogen and oxygen atoms in total. The molecule has 21 heavy (non-hydrogen) atoms. The Morgan fingerprint density at radius 2 is 1.90 bits per heavy atom. The van der Waals surface area contributed by atoms with Gasteiger partial charge in [-0.2, -0.15) is 0 Å². The topological polar surface area (TPSA) is 42.0 Å². The number of anilines is 1. The largest absolute Gasteiger partial charge is 0.322 e. The number of halogens is 1. The third-order valence-electron chi connectivity index (χ3n) is 3.10. The number of pyridine rings is 1. The number of nitrogens with zero attached hydrogens (tertiary/aromatic N) is 1. The maximum Gasteiger partial charge on any atom is 0.255 e. The van der Waals surface area contributed by atoms with E-state index in [0.717, 1.165) is 16.9 Å². The number of aromatic nitrogens is 1. The number of hydrogen-bond acceptors (Lipinski definition) is 2. The first kappa shape index (κ1) is 15.5. The Morgan fingerprint density at radius 3 is 2.52 bits per heavy atom. The molecule has 0 spiro atoms. The van der Waals surface area contributed by atoms with E-state index in [9.17, 15) is 4.79 Å². The Labute approximate surface area is 130 Å². The summed E-state index contributed by atoms with van der Waals surface area (Å²) >= 11 is 6.04. The fourth-order valence-electron chi connectivity index (χ4n) is 1.94. The van der Waals surface area contributed by atoms with Gasteiger partial charge in [0.25, 0.3) is 5.91 Å². The van der Waals surface area contributed by atoms with Crippen molar-refractivity contribution >= 4 is 23.2 Å². The summed E-state index contributed by atoms with van der Waals surface area (Å²) in [5.74, 6) is -0.185. The summed E-state index contributed by atoms with van der Waals surface area (Å²) in [5.41, 5.74) is 3.01. The summed E-state index contributed by atoms with van der Waals surface area (Å²) in [6.45, 7) is 8.09. The number of carbonyl (C=O) groups is 1. The third kappa shape index (κ3) is 4.05. The number of nitrogens with one attached hydrogen (secondary N) is 1. The average molecular weight is 303 g/mol. The molecule has 1 aromatic heterocycles. The van der Waals surface area contributed by atoms with E-state index in [1.807, 2.05) is 52.0 Å². The number of amides is 1. The zero-order valence-electron chi connectivity index (χ0n) is 12.7. The van der Waals surface area contributed by atoms with E-state index < -0.39 is 0 Å². The number of aryl methyl sites for hydroxylation is 1. The van der Waals surface area contributed by atoms with E-state index in [-0.39, 0.29) is 11.3 Å². The molecule has 2 rings (SSSR count). The van der Waals surface area contributed by atoms with Crippen LogP contribution in [0, 0.1) is 6.92 Å². The van der Waals surface area contributed by atoms with Crippen LogP contribution in [0.3, 0.4) is 0 Å². The van der Waals surface area contributed by atoms with Gasteiger partial charge in [0.2, 0.25) is 0 Å². The van der Waals surface area contributed by atoms with Crippen molar-refractivity contribution in [1.82, 2.24) is 4.98 Å². The Hall–Kier alpha value is -1.87. The van der Waals surface area contributed by atoms with Crippen LogP contribution in [0.2, 0.25) is 5.15 Å². The molecule has 0 saturated heterocycles. The van der Waals surface area contributed by atoms with Crippen LogP contribution in [-0.2, 0) is 5.41 Å². The molecule has 0 fully saturated rings. The fourth-order valence-corrected chi connectivity index (χ4v) is 2.15. The molecule has 0 aliphatic heterocycles. The van der Waals surface area contributed by atoms with E-state index in [1.54, 1.807) is 12.1 Å². The molecule has 0 bridgehead atoms. The van der Waals surface area contributed by atoms with E-state index in [4.69, 9.17) is 11.6 Å². The predicted octanol–water partition coefficient (Wildman–Crippen LogP) is 4.59. The van der Waals surface area contributed by atoms with Crippen LogP contribution in [0.15, 0.2) is 36.4 Å². The molecular weight excluding hydrogens is 284 g/mol. The van der Waals surface area contributed by atoms with Gasteiger partial charge in [-0.3, -0.25) is 4.79 Å². The summed E-state index contributed by atoms with van der Waals surface area (Å²) in [5, 5.41) is 3.21. The molecule has 110 valence electrons. The normalized spacial score (nSPS) is 11.3. The van der Waals surface area contributed by atoms with Crippen molar-refractivity contribution in [2.75, 3.05) is 5.32 Å². The summed E-state index contributed by atoms with van der Waals surface area (Å²) < 4.78 is 0. The van der Waals surface area contributed by atoms with Crippen LogP contribution < -0.4 is 5.32 Å². The lowest BCUT2D eigenvalue weighted by Crippen LogP contribution is -2.17. The lowest BCUT2D eigenvalue weighted by molar-refractivity contribution is 0.102. The molecular formula is C17H19ClN2O. The minimum Gasteiger partial charge on any atom is -0.322 e. The maximum atomic E-state index is 12.4. The van der Waals surface area contributed by atoms with Crippen molar-refractivity contribution in [2.24, 2.45) is 0 Å². The summed E-state index contributed by atoms with van der Waals surface area (Å²) in [6, 6.07) is 11.0. The summed E-state index contributed by atoms with van der Waals surface area (Å²) in [4.78, 5) is 16.7. The fraction of sp³-hybridized carbons (Fsp3) is 0.294. The molecule has 0 radical (unpaired) electrons. The first-order valence-corrected chi connectivity index (χ1v) is 7.19. The van der Waals surface area contributed by atoms with Crippen LogP contribution >= 0.6 is 11.6 Å². The molecule has 1 heterocycles. The van der Waals surface area contributed by atoms with Gasteiger partial charge in [-0.15, -0.1) is 0 Å². The van der Waals surface area contributed by atoms with E-state index in [2.05, 4.69) is 10.3 Å².